The van der Waals surface area contributed by atoms with Crippen molar-refractivity contribution in [2.75, 3.05) is 31.1 Å². The van der Waals surface area contributed by atoms with E-state index in [2.05, 4.69) is 43.0 Å². The Morgan fingerprint density at radius 2 is 1.72 bits per heavy atom. The van der Waals surface area contributed by atoms with Gasteiger partial charge in [0.15, 0.2) is 0 Å². The van der Waals surface area contributed by atoms with E-state index in [1.807, 2.05) is 13.0 Å². The maximum Gasteiger partial charge on any atom is 0.252 e. The van der Waals surface area contributed by atoms with Crippen molar-refractivity contribution in [2.24, 2.45) is 0 Å². The lowest BCUT2D eigenvalue weighted by molar-refractivity contribution is 0.385. The van der Waals surface area contributed by atoms with Gasteiger partial charge in [0, 0.05) is 36.7 Å². The van der Waals surface area contributed by atoms with Gasteiger partial charge in [-0.1, -0.05) is 39.0 Å². The van der Waals surface area contributed by atoms with Crippen molar-refractivity contribution in [3.63, 3.8) is 0 Å². The van der Waals surface area contributed by atoms with E-state index in [1.54, 1.807) is 10.4 Å². The summed E-state index contributed by atoms with van der Waals surface area (Å²) >= 11 is 1.39. The zero-order chi connectivity index (χ0) is 18.0. The van der Waals surface area contributed by atoms with Gasteiger partial charge >= 0.3 is 0 Å². The molecule has 2 heterocycles. The van der Waals surface area contributed by atoms with E-state index < -0.39 is 10.0 Å². The van der Waals surface area contributed by atoms with E-state index in [9.17, 15) is 8.42 Å². The molecule has 1 saturated heterocycles. The number of piperazine rings is 1. The molecule has 1 fully saturated rings. The van der Waals surface area contributed by atoms with Crippen molar-refractivity contribution in [1.29, 1.82) is 0 Å². The average Bonchev–Trinajstić information content (AvgIpc) is 3.12. The lowest BCUT2D eigenvalue weighted by Crippen LogP contribution is -2.48. The van der Waals surface area contributed by atoms with Crippen LogP contribution in [0.5, 0.6) is 0 Å². The SMILES string of the molecule is CCc1ccc(S(=O)(=O)N2CCN(c3ccccc3C(C)C)CC2)s1. The van der Waals surface area contributed by atoms with Crippen LogP contribution in [0.2, 0.25) is 0 Å². The molecule has 1 aliphatic rings. The first-order valence-electron chi connectivity index (χ1n) is 8.86. The molecular formula is C19H26N2O2S2. The highest BCUT2D eigenvalue weighted by atomic mass is 32.2. The number of sulfonamides is 1. The van der Waals surface area contributed by atoms with Crippen molar-refractivity contribution in [2.45, 2.75) is 37.3 Å². The van der Waals surface area contributed by atoms with Gasteiger partial charge in [0.1, 0.15) is 4.21 Å². The van der Waals surface area contributed by atoms with E-state index in [1.165, 1.54) is 22.6 Å². The highest BCUT2D eigenvalue weighted by molar-refractivity contribution is 7.91. The fourth-order valence-corrected chi connectivity index (χ4v) is 6.12. The molecule has 1 aromatic heterocycles. The van der Waals surface area contributed by atoms with Gasteiger partial charge in [-0.2, -0.15) is 4.31 Å². The number of hydrogen-bond donors (Lipinski definition) is 0. The molecule has 0 atom stereocenters. The Balaban J connectivity index is 1.74. The van der Waals surface area contributed by atoms with Crippen molar-refractivity contribution < 1.29 is 8.42 Å². The number of benzene rings is 1. The molecule has 2 aromatic rings. The Labute approximate surface area is 155 Å². The zero-order valence-electron chi connectivity index (χ0n) is 15.1. The summed E-state index contributed by atoms with van der Waals surface area (Å²) < 4.78 is 27.8. The Hall–Kier alpha value is -1.37. The normalized spacial score (nSPS) is 16.6. The third-order valence-corrected chi connectivity index (χ3v) is 8.31. The smallest absolute Gasteiger partial charge is 0.252 e. The molecule has 3 rings (SSSR count). The van der Waals surface area contributed by atoms with E-state index >= 15 is 0 Å². The molecule has 0 unspecified atom stereocenters. The summed E-state index contributed by atoms with van der Waals surface area (Å²) in [5, 5.41) is 0. The van der Waals surface area contributed by atoms with Crippen LogP contribution in [0.4, 0.5) is 5.69 Å². The van der Waals surface area contributed by atoms with Crippen LogP contribution in [-0.4, -0.2) is 38.9 Å². The van der Waals surface area contributed by atoms with E-state index in [0.717, 1.165) is 24.4 Å². The average molecular weight is 379 g/mol. The lowest BCUT2D eigenvalue weighted by atomic mass is 10.00. The molecule has 4 nitrogen and oxygen atoms in total. The third-order valence-electron chi connectivity index (χ3n) is 4.72. The van der Waals surface area contributed by atoms with Gasteiger partial charge < -0.3 is 4.90 Å². The molecule has 0 saturated carbocycles. The Morgan fingerprint density at radius 1 is 1.04 bits per heavy atom. The second-order valence-electron chi connectivity index (χ2n) is 6.68. The van der Waals surface area contributed by atoms with Crippen molar-refractivity contribution in [1.82, 2.24) is 4.31 Å². The van der Waals surface area contributed by atoms with Gasteiger partial charge in [-0.3, -0.25) is 0 Å². The fourth-order valence-electron chi connectivity index (χ4n) is 3.25. The third kappa shape index (κ3) is 3.76. The fraction of sp³-hybridized carbons (Fsp3) is 0.474. The molecule has 0 radical (unpaired) electrons. The molecule has 6 heteroatoms. The first-order chi connectivity index (χ1) is 11.9. The molecule has 0 N–H and O–H groups in total. The summed E-state index contributed by atoms with van der Waals surface area (Å²) in [6.45, 7) is 8.97. The van der Waals surface area contributed by atoms with E-state index in [-0.39, 0.29) is 0 Å². The van der Waals surface area contributed by atoms with Crippen LogP contribution in [0.25, 0.3) is 0 Å². The summed E-state index contributed by atoms with van der Waals surface area (Å²) in [7, 11) is -3.36. The second-order valence-corrected chi connectivity index (χ2v) is 10.0. The molecular weight excluding hydrogens is 352 g/mol. The predicted octanol–water partition coefficient (Wildman–Crippen LogP) is 3.94. The molecule has 0 bridgehead atoms. The Kier molecular flexibility index (Phi) is 5.51. The number of rotatable bonds is 5. The first kappa shape index (κ1) is 18.4. The van der Waals surface area contributed by atoms with E-state index in [0.29, 0.717) is 23.2 Å². The number of para-hydroxylation sites is 1. The molecule has 1 aliphatic heterocycles. The minimum atomic E-state index is -3.36. The first-order valence-corrected chi connectivity index (χ1v) is 11.1. The van der Waals surface area contributed by atoms with Gasteiger partial charge in [0.2, 0.25) is 0 Å². The van der Waals surface area contributed by atoms with Crippen molar-refractivity contribution >= 4 is 27.0 Å². The van der Waals surface area contributed by atoms with Crippen LogP contribution >= 0.6 is 11.3 Å². The minimum absolute atomic E-state index is 0.455. The number of anilines is 1. The number of thiophene rings is 1. The van der Waals surface area contributed by atoms with Gasteiger partial charge in [0.05, 0.1) is 0 Å². The molecule has 0 spiro atoms. The quantitative estimate of drug-likeness (QED) is 0.791. The number of hydrogen-bond acceptors (Lipinski definition) is 4. The molecule has 0 aliphatic carbocycles. The molecule has 25 heavy (non-hydrogen) atoms. The molecule has 136 valence electrons. The molecule has 1 aromatic carbocycles. The standard InChI is InChI=1S/C19H26N2O2S2/c1-4-16-9-10-19(24-16)25(22,23)21-13-11-20(12-14-21)18-8-6-5-7-17(18)15(2)3/h5-10,15H,4,11-14H2,1-3H3. The summed E-state index contributed by atoms with van der Waals surface area (Å²) in [5.74, 6) is 0.455. The lowest BCUT2D eigenvalue weighted by Gasteiger charge is -2.36. The predicted molar refractivity (Wildman–Crippen MR) is 105 cm³/mol. The highest BCUT2D eigenvalue weighted by Gasteiger charge is 2.30. The molecule has 0 amide bonds. The summed E-state index contributed by atoms with van der Waals surface area (Å²) in [6.07, 6.45) is 0.875. The van der Waals surface area contributed by atoms with Gasteiger partial charge in [-0.15, -0.1) is 11.3 Å². The largest absolute Gasteiger partial charge is 0.369 e. The zero-order valence-corrected chi connectivity index (χ0v) is 16.7. The van der Waals surface area contributed by atoms with Crippen molar-refractivity contribution in [3.8, 4) is 0 Å². The van der Waals surface area contributed by atoms with E-state index in [4.69, 9.17) is 0 Å². The van der Waals surface area contributed by atoms with Crippen LogP contribution in [0, 0.1) is 0 Å². The number of nitrogens with zero attached hydrogens (tertiary/aromatic N) is 2. The summed E-state index contributed by atoms with van der Waals surface area (Å²) in [5.41, 5.74) is 2.56. The van der Waals surface area contributed by atoms with Crippen molar-refractivity contribution in [3.05, 3.63) is 46.8 Å². The van der Waals surface area contributed by atoms with Crippen LogP contribution in [0.3, 0.4) is 0 Å². The van der Waals surface area contributed by atoms with Gasteiger partial charge in [0.25, 0.3) is 10.0 Å². The van der Waals surface area contributed by atoms with Gasteiger partial charge in [-0.05, 0) is 36.1 Å². The van der Waals surface area contributed by atoms with Crippen LogP contribution in [-0.2, 0) is 16.4 Å². The van der Waals surface area contributed by atoms with Gasteiger partial charge in [-0.25, -0.2) is 8.42 Å². The maximum absolute atomic E-state index is 12.9. The topological polar surface area (TPSA) is 40.6 Å². The summed E-state index contributed by atoms with van der Waals surface area (Å²) in [4.78, 5) is 3.43. The Morgan fingerprint density at radius 3 is 2.32 bits per heavy atom. The second kappa shape index (κ2) is 7.48. The van der Waals surface area contributed by atoms with Crippen LogP contribution < -0.4 is 4.90 Å². The Bertz CT molecular complexity index is 819. The highest BCUT2D eigenvalue weighted by Crippen LogP contribution is 2.30. The minimum Gasteiger partial charge on any atom is -0.369 e. The summed E-state index contributed by atoms with van der Waals surface area (Å²) in [6, 6.07) is 12.1. The maximum atomic E-state index is 12.9. The van der Waals surface area contributed by atoms with Crippen LogP contribution in [0.15, 0.2) is 40.6 Å². The number of aryl methyl sites for hydroxylation is 1. The monoisotopic (exact) mass is 378 g/mol. The van der Waals surface area contributed by atoms with Crippen LogP contribution in [0.1, 0.15) is 37.1 Å².